The van der Waals surface area contributed by atoms with Crippen LogP contribution in [0.5, 0.6) is 0 Å². The Bertz CT molecular complexity index is 871. The third-order valence-corrected chi connectivity index (χ3v) is 4.95. The summed E-state index contributed by atoms with van der Waals surface area (Å²) in [6.07, 6.45) is 0. The van der Waals surface area contributed by atoms with Gasteiger partial charge in [0.25, 0.3) is 0 Å². The van der Waals surface area contributed by atoms with Crippen LogP contribution in [0.3, 0.4) is 0 Å². The average molecular weight is 353 g/mol. The number of benzene rings is 2. The Kier molecular flexibility index (Phi) is 4.37. The molecule has 2 heterocycles. The first kappa shape index (κ1) is 16.6. The van der Waals surface area contributed by atoms with Gasteiger partial charge < -0.3 is 14.8 Å². The predicted octanol–water partition coefficient (Wildman–Crippen LogP) is 4.68. The minimum Gasteiger partial charge on any atom is -0.368 e. The van der Waals surface area contributed by atoms with Crippen LogP contribution in [-0.4, -0.2) is 30.7 Å². The van der Waals surface area contributed by atoms with E-state index in [9.17, 15) is 8.78 Å². The third-order valence-electron chi connectivity index (χ3n) is 4.95. The first-order valence-corrected chi connectivity index (χ1v) is 8.82. The van der Waals surface area contributed by atoms with E-state index in [0.29, 0.717) is 6.04 Å². The molecule has 0 aliphatic carbocycles. The number of H-pyrrole nitrogens is 1. The van der Waals surface area contributed by atoms with Crippen LogP contribution in [0.4, 0.5) is 20.3 Å². The summed E-state index contributed by atoms with van der Waals surface area (Å²) in [5, 5.41) is 0. The van der Waals surface area contributed by atoms with Gasteiger partial charge in [-0.05, 0) is 73.2 Å². The zero-order valence-corrected chi connectivity index (χ0v) is 14.6. The summed E-state index contributed by atoms with van der Waals surface area (Å²) in [4.78, 5) is 8.07. The molecule has 134 valence electrons. The highest BCUT2D eigenvalue weighted by atomic mass is 19.1. The van der Waals surface area contributed by atoms with E-state index in [2.05, 4.69) is 27.8 Å². The number of anilines is 2. The van der Waals surface area contributed by atoms with Crippen molar-refractivity contribution in [2.45, 2.75) is 13.0 Å². The minimum absolute atomic E-state index is 0.208. The Morgan fingerprint density at radius 3 is 2.15 bits per heavy atom. The monoisotopic (exact) mass is 353 g/mol. The fourth-order valence-corrected chi connectivity index (χ4v) is 3.55. The van der Waals surface area contributed by atoms with Crippen LogP contribution in [-0.2, 0) is 0 Å². The molecular formula is C21H21F2N3. The van der Waals surface area contributed by atoms with Crippen LogP contribution in [0, 0.1) is 11.6 Å². The highest BCUT2D eigenvalue weighted by Crippen LogP contribution is 2.27. The fraction of sp³-hybridized carbons (Fsp3) is 0.238. The van der Waals surface area contributed by atoms with Crippen LogP contribution in [0.25, 0.3) is 11.3 Å². The number of aromatic amines is 1. The number of hydrogen-bond acceptors (Lipinski definition) is 2. The maximum atomic E-state index is 13.1. The summed E-state index contributed by atoms with van der Waals surface area (Å²) < 4.78 is 26.2. The van der Waals surface area contributed by atoms with E-state index in [4.69, 9.17) is 0 Å². The van der Waals surface area contributed by atoms with Crippen LogP contribution in [0.2, 0.25) is 0 Å². The topological polar surface area (TPSA) is 22.3 Å². The van der Waals surface area contributed by atoms with Gasteiger partial charge in [0, 0.05) is 37.1 Å². The van der Waals surface area contributed by atoms with E-state index >= 15 is 0 Å². The molecule has 4 rings (SSSR count). The van der Waals surface area contributed by atoms with Gasteiger partial charge >= 0.3 is 0 Å². The van der Waals surface area contributed by atoms with Crippen LogP contribution in [0.1, 0.15) is 6.92 Å². The van der Waals surface area contributed by atoms with Crippen LogP contribution < -0.4 is 9.80 Å². The lowest BCUT2D eigenvalue weighted by Crippen LogP contribution is -2.52. The molecule has 1 fully saturated rings. The van der Waals surface area contributed by atoms with Crippen molar-refractivity contribution in [3.63, 3.8) is 0 Å². The Labute approximate surface area is 151 Å². The molecule has 0 saturated carbocycles. The molecule has 1 aliphatic heterocycles. The van der Waals surface area contributed by atoms with Crippen LogP contribution in [0.15, 0.2) is 60.7 Å². The second-order valence-electron chi connectivity index (χ2n) is 6.73. The van der Waals surface area contributed by atoms with Gasteiger partial charge in [0.1, 0.15) is 17.5 Å². The highest BCUT2D eigenvalue weighted by Gasteiger charge is 2.25. The molecule has 1 unspecified atom stereocenters. The van der Waals surface area contributed by atoms with Crippen molar-refractivity contribution in [2.24, 2.45) is 0 Å². The molecule has 3 nitrogen and oxygen atoms in total. The predicted molar refractivity (Wildman–Crippen MR) is 102 cm³/mol. The summed E-state index contributed by atoms with van der Waals surface area (Å²) in [5.74, 6) is 0.627. The summed E-state index contributed by atoms with van der Waals surface area (Å²) in [7, 11) is 0. The molecule has 2 aromatic carbocycles. The summed E-state index contributed by atoms with van der Waals surface area (Å²) >= 11 is 0. The molecule has 26 heavy (non-hydrogen) atoms. The molecule has 1 aromatic heterocycles. The van der Waals surface area contributed by atoms with Gasteiger partial charge in [-0.3, -0.25) is 0 Å². The average Bonchev–Trinajstić information content (AvgIpc) is 3.12. The van der Waals surface area contributed by atoms with Crippen molar-refractivity contribution in [1.82, 2.24) is 4.98 Å². The molecule has 5 heteroatoms. The fourth-order valence-electron chi connectivity index (χ4n) is 3.55. The SMILES string of the molecule is CC1CN(c2ccc(F)cc2)CCN1c1ccc(-c2ccc(F)cc2)[nH]1. The van der Waals surface area contributed by atoms with Crippen molar-refractivity contribution in [2.75, 3.05) is 29.4 Å². The normalized spacial score (nSPS) is 17.6. The molecule has 0 bridgehead atoms. The number of nitrogens with one attached hydrogen (secondary N) is 1. The Hall–Kier alpha value is -2.82. The lowest BCUT2D eigenvalue weighted by Gasteiger charge is -2.41. The van der Waals surface area contributed by atoms with E-state index < -0.39 is 0 Å². The molecule has 0 radical (unpaired) electrons. The van der Waals surface area contributed by atoms with Crippen molar-refractivity contribution in [3.05, 3.63) is 72.3 Å². The molecule has 0 spiro atoms. The number of aromatic nitrogens is 1. The molecule has 1 saturated heterocycles. The Balaban J connectivity index is 1.48. The minimum atomic E-state index is -0.230. The molecule has 3 aromatic rings. The van der Waals surface area contributed by atoms with Crippen molar-refractivity contribution >= 4 is 11.5 Å². The largest absolute Gasteiger partial charge is 0.368 e. The van der Waals surface area contributed by atoms with Gasteiger partial charge in [-0.1, -0.05) is 0 Å². The standard InChI is InChI=1S/C21H21F2N3/c1-15-14-25(19-8-6-18(23)7-9-19)12-13-26(15)21-11-10-20(24-21)16-2-4-17(22)5-3-16/h2-11,15,24H,12-14H2,1H3. The smallest absolute Gasteiger partial charge is 0.123 e. The van der Waals surface area contributed by atoms with Gasteiger partial charge in [-0.25, -0.2) is 8.78 Å². The van der Waals surface area contributed by atoms with Gasteiger partial charge in [0.2, 0.25) is 0 Å². The Morgan fingerprint density at radius 1 is 0.846 bits per heavy atom. The van der Waals surface area contributed by atoms with E-state index in [1.807, 2.05) is 18.2 Å². The van der Waals surface area contributed by atoms with E-state index in [0.717, 1.165) is 42.4 Å². The zero-order valence-electron chi connectivity index (χ0n) is 14.6. The first-order valence-electron chi connectivity index (χ1n) is 8.82. The maximum Gasteiger partial charge on any atom is 0.123 e. The van der Waals surface area contributed by atoms with E-state index in [1.54, 1.807) is 12.1 Å². The summed E-state index contributed by atoms with van der Waals surface area (Å²) in [5.41, 5.74) is 3.00. The van der Waals surface area contributed by atoms with E-state index in [1.165, 1.54) is 24.3 Å². The number of hydrogen-bond donors (Lipinski definition) is 1. The molecule has 1 aliphatic rings. The third kappa shape index (κ3) is 3.29. The highest BCUT2D eigenvalue weighted by molar-refractivity contribution is 5.64. The Morgan fingerprint density at radius 2 is 1.50 bits per heavy atom. The maximum absolute atomic E-state index is 13.1. The van der Waals surface area contributed by atoms with Gasteiger partial charge in [0.15, 0.2) is 0 Å². The van der Waals surface area contributed by atoms with Gasteiger partial charge in [0.05, 0.1) is 0 Å². The number of halogens is 2. The number of piperazine rings is 1. The molecular weight excluding hydrogens is 332 g/mol. The second-order valence-corrected chi connectivity index (χ2v) is 6.73. The first-order chi connectivity index (χ1) is 12.6. The van der Waals surface area contributed by atoms with Gasteiger partial charge in [-0.15, -0.1) is 0 Å². The van der Waals surface area contributed by atoms with Crippen LogP contribution >= 0.6 is 0 Å². The molecule has 1 N–H and O–H groups in total. The van der Waals surface area contributed by atoms with Crippen molar-refractivity contribution in [1.29, 1.82) is 0 Å². The second kappa shape index (κ2) is 6.83. The van der Waals surface area contributed by atoms with E-state index in [-0.39, 0.29) is 11.6 Å². The summed E-state index contributed by atoms with van der Waals surface area (Å²) in [6.45, 7) is 4.81. The quantitative estimate of drug-likeness (QED) is 0.739. The van der Waals surface area contributed by atoms with Gasteiger partial charge in [-0.2, -0.15) is 0 Å². The van der Waals surface area contributed by atoms with Crippen molar-refractivity contribution < 1.29 is 8.78 Å². The zero-order chi connectivity index (χ0) is 18.1. The number of nitrogens with zero attached hydrogens (tertiary/aromatic N) is 2. The number of rotatable bonds is 3. The molecule has 0 amide bonds. The molecule has 1 atom stereocenters. The van der Waals surface area contributed by atoms with Crippen molar-refractivity contribution in [3.8, 4) is 11.3 Å². The lowest BCUT2D eigenvalue weighted by molar-refractivity contribution is 0.546. The lowest BCUT2D eigenvalue weighted by atomic mass is 10.1. The summed E-state index contributed by atoms with van der Waals surface area (Å²) in [6, 6.07) is 17.6.